The third-order valence-electron chi connectivity index (χ3n) is 3.66. The van der Waals surface area contributed by atoms with Crippen LogP contribution in [0.15, 0.2) is 33.0 Å². The van der Waals surface area contributed by atoms with Crippen molar-refractivity contribution in [3.8, 4) is 0 Å². The van der Waals surface area contributed by atoms with Crippen molar-refractivity contribution in [1.29, 1.82) is 0 Å². The molecule has 2 N–H and O–H groups in total. The van der Waals surface area contributed by atoms with E-state index in [1.807, 2.05) is 0 Å². The van der Waals surface area contributed by atoms with Crippen LogP contribution >= 0.6 is 23.1 Å². The average molecular weight is 386 g/mol. The van der Waals surface area contributed by atoms with Gasteiger partial charge in [0.1, 0.15) is 22.9 Å². The molecule has 10 heteroatoms. The summed E-state index contributed by atoms with van der Waals surface area (Å²) in [5.41, 5.74) is 0.622. The summed E-state index contributed by atoms with van der Waals surface area (Å²) in [5, 5.41) is 13.2. The van der Waals surface area contributed by atoms with Gasteiger partial charge in [-0.15, -0.1) is 23.1 Å². The third-order valence-corrected chi connectivity index (χ3v) is 7.70. The molecule has 0 aliphatic carbocycles. The monoisotopic (exact) mass is 386 g/mol. The van der Waals surface area contributed by atoms with Crippen LogP contribution in [0, 0.1) is 0 Å². The fourth-order valence-corrected chi connectivity index (χ4v) is 5.78. The Kier molecular flexibility index (Phi) is 4.79. The minimum atomic E-state index is -1.45. The topological polar surface area (TPSA) is 104 Å². The molecular formula is C14H14N2O5S3. The smallest absolute Gasteiger partial charge is 0.352 e. The number of carboxylic acid groups (broad SMARTS) is 1. The first kappa shape index (κ1) is 17.2. The molecule has 3 unspecified atom stereocenters. The second-order valence-corrected chi connectivity index (χ2v) is 9.04. The number of nitrogens with one attached hydrogen (secondary N) is 1. The second kappa shape index (κ2) is 6.69. The van der Waals surface area contributed by atoms with Gasteiger partial charge in [0.2, 0.25) is 5.91 Å². The van der Waals surface area contributed by atoms with E-state index in [0.29, 0.717) is 15.5 Å². The molecule has 3 heterocycles. The molecule has 1 saturated heterocycles. The van der Waals surface area contributed by atoms with Crippen LogP contribution in [-0.2, 0) is 25.2 Å². The number of hydrogen-bond donors (Lipinski definition) is 2. The minimum Gasteiger partial charge on any atom is -0.477 e. The van der Waals surface area contributed by atoms with Crippen molar-refractivity contribution in [3.05, 3.63) is 28.8 Å². The van der Waals surface area contributed by atoms with Crippen LogP contribution in [0.5, 0.6) is 0 Å². The summed E-state index contributed by atoms with van der Waals surface area (Å²) in [5.74, 6) is -1.80. The number of thioether (sulfide) groups is 1. The Hall–Kier alpha value is -1.65. The quantitative estimate of drug-likeness (QED) is 0.719. The highest BCUT2D eigenvalue weighted by Crippen LogP contribution is 2.40. The largest absolute Gasteiger partial charge is 0.477 e. The summed E-state index contributed by atoms with van der Waals surface area (Å²) in [7, 11) is -1.45. The molecule has 1 fully saturated rings. The highest BCUT2D eigenvalue weighted by molar-refractivity contribution is 8.00. The predicted octanol–water partition coefficient (Wildman–Crippen LogP) is 0.614. The van der Waals surface area contributed by atoms with Gasteiger partial charge in [-0.3, -0.25) is 18.7 Å². The maximum atomic E-state index is 12.2. The van der Waals surface area contributed by atoms with Crippen molar-refractivity contribution in [3.63, 3.8) is 0 Å². The fourth-order valence-electron chi connectivity index (χ4n) is 2.57. The van der Waals surface area contributed by atoms with Gasteiger partial charge in [0.05, 0.1) is 15.0 Å². The number of carboxylic acids is 1. The van der Waals surface area contributed by atoms with Crippen LogP contribution in [-0.4, -0.2) is 54.9 Å². The lowest BCUT2D eigenvalue weighted by atomic mass is 10.0. The molecule has 3 atom stereocenters. The number of fused-ring (bicyclic) bond motifs is 1. The van der Waals surface area contributed by atoms with Crippen molar-refractivity contribution in [2.75, 3.05) is 11.5 Å². The van der Waals surface area contributed by atoms with Gasteiger partial charge >= 0.3 is 5.97 Å². The molecule has 0 saturated carbocycles. The molecule has 1 aromatic heterocycles. The van der Waals surface area contributed by atoms with Gasteiger partial charge in [0, 0.05) is 5.75 Å². The van der Waals surface area contributed by atoms with E-state index in [1.165, 1.54) is 28.0 Å². The van der Waals surface area contributed by atoms with Crippen LogP contribution in [0.4, 0.5) is 0 Å². The summed E-state index contributed by atoms with van der Waals surface area (Å²) < 4.78 is 12.6. The summed E-state index contributed by atoms with van der Waals surface area (Å²) >= 11 is 2.71. The lowest BCUT2D eigenvalue weighted by Crippen LogP contribution is -2.70. The number of carbonyl (C=O) groups excluding carboxylic acids is 2. The Morgan fingerprint density at radius 1 is 1.50 bits per heavy atom. The van der Waals surface area contributed by atoms with Crippen LogP contribution in [0.3, 0.4) is 0 Å². The first-order valence-electron chi connectivity index (χ1n) is 6.99. The van der Waals surface area contributed by atoms with Gasteiger partial charge in [-0.1, -0.05) is 6.07 Å². The third kappa shape index (κ3) is 3.01. The molecule has 2 aliphatic heterocycles. The highest BCUT2D eigenvalue weighted by Gasteiger charge is 2.53. The van der Waals surface area contributed by atoms with E-state index in [2.05, 4.69) is 5.32 Å². The Morgan fingerprint density at radius 2 is 2.25 bits per heavy atom. The van der Waals surface area contributed by atoms with Gasteiger partial charge in [-0.05, 0) is 23.9 Å². The first-order chi connectivity index (χ1) is 11.4. The Labute approximate surface area is 148 Å². The predicted molar refractivity (Wildman–Crippen MR) is 91.0 cm³/mol. The van der Waals surface area contributed by atoms with Crippen molar-refractivity contribution in [1.82, 2.24) is 10.2 Å². The number of thiophene rings is 1. The van der Waals surface area contributed by atoms with Crippen molar-refractivity contribution >= 4 is 51.7 Å². The molecule has 128 valence electrons. The molecule has 1 aromatic rings. The fraction of sp³-hybridized carbons (Fsp3) is 0.357. The maximum absolute atomic E-state index is 12.2. The molecule has 0 spiro atoms. The molecule has 2 aliphatic rings. The number of amides is 2. The standard InChI is InChI=1S/C14H14N2O5S3/c1-7-5-23-13-10(12(18)16(13)11(7)14(19)20)15-8(17)6-24(21)9-3-2-4-22-9/h2-4,10,13H,5-6H2,1H3,(H,15,17)(H,19,20). The van der Waals surface area contributed by atoms with Gasteiger partial charge in [0.25, 0.3) is 5.91 Å². The van der Waals surface area contributed by atoms with Crippen LogP contribution in [0.25, 0.3) is 0 Å². The second-order valence-electron chi connectivity index (χ2n) is 5.31. The van der Waals surface area contributed by atoms with Crippen molar-refractivity contribution in [2.24, 2.45) is 0 Å². The van der Waals surface area contributed by atoms with E-state index in [-0.39, 0.29) is 11.4 Å². The van der Waals surface area contributed by atoms with Gasteiger partial charge in [0.15, 0.2) is 0 Å². The van der Waals surface area contributed by atoms with Crippen LogP contribution in [0.1, 0.15) is 6.92 Å². The van der Waals surface area contributed by atoms with Gasteiger partial charge < -0.3 is 10.4 Å². The average Bonchev–Trinajstić information content (AvgIpc) is 3.06. The van der Waals surface area contributed by atoms with Gasteiger partial charge in [-0.25, -0.2) is 4.79 Å². The Morgan fingerprint density at radius 3 is 2.88 bits per heavy atom. The molecule has 0 aromatic carbocycles. The summed E-state index contributed by atoms with van der Waals surface area (Å²) in [6.07, 6.45) is 0. The van der Waals surface area contributed by atoms with Crippen LogP contribution < -0.4 is 5.32 Å². The lowest BCUT2D eigenvalue weighted by Gasteiger charge is -2.49. The molecule has 2 amide bonds. The van der Waals surface area contributed by atoms with E-state index in [0.717, 1.165) is 0 Å². The van der Waals surface area contributed by atoms with Crippen molar-refractivity contribution < 1.29 is 23.7 Å². The number of nitrogens with zero attached hydrogens (tertiary/aromatic N) is 1. The van der Waals surface area contributed by atoms with Gasteiger partial charge in [-0.2, -0.15) is 0 Å². The lowest BCUT2D eigenvalue weighted by molar-refractivity contribution is -0.150. The van der Waals surface area contributed by atoms with Crippen LogP contribution in [0.2, 0.25) is 0 Å². The number of β-lactam (4-membered cyclic amide) rings is 1. The number of aliphatic carboxylic acids is 1. The molecule has 0 radical (unpaired) electrons. The zero-order valence-electron chi connectivity index (χ0n) is 12.6. The first-order valence-corrected chi connectivity index (χ1v) is 10.2. The van der Waals surface area contributed by atoms with E-state index in [4.69, 9.17) is 0 Å². The zero-order valence-corrected chi connectivity index (χ0v) is 15.0. The number of rotatable bonds is 5. The molecule has 0 bridgehead atoms. The molecule has 24 heavy (non-hydrogen) atoms. The summed E-state index contributed by atoms with van der Waals surface area (Å²) in [6, 6.07) is 2.67. The Balaban J connectivity index is 1.64. The van der Waals surface area contributed by atoms with Crippen molar-refractivity contribution in [2.45, 2.75) is 22.5 Å². The minimum absolute atomic E-state index is 0.00332. The molecule has 7 nitrogen and oxygen atoms in total. The highest BCUT2D eigenvalue weighted by atomic mass is 32.2. The van der Waals surface area contributed by atoms with E-state index < -0.39 is 40.0 Å². The molecular weight excluding hydrogens is 372 g/mol. The van der Waals surface area contributed by atoms with E-state index >= 15 is 0 Å². The van der Waals surface area contributed by atoms with E-state index in [1.54, 1.807) is 24.4 Å². The summed E-state index contributed by atoms with van der Waals surface area (Å²) in [4.78, 5) is 36.8. The zero-order chi connectivity index (χ0) is 17.4. The molecule has 3 rings (SSSR count). The SMILES string of the molecule is CC1=C(C(=O)O)N2C(=O)C(NC(=O)CS(=O)c3cccs3)C2SC1. The number of carbonyl (C=O) groups is 3. The normalized spacial score (nSPS) is 24.2. The van der Waals surface area contributed by atoms with E-state index in [9.17, 15) is 23.7 Å². The Bertz CT molecular complexity index is 758. The number of hydrogen-bond acceptors (Lipinski definition) is 6. The summed E-state index contributed by atoms with van der Waals surface area (Å²) in [6.45, 7) is 1.68. The maximum Gasteiger partial charge on any atom is 0.352 e.